The molecule has 124 valence electrons. The summed E-state index contributed by atoms with van der Waals surface area (Å²) in [6.45, 7) is 0. The van der Waals surface area contributed by atoms with Crippen LogP contribution in [-0.4, -0.2) is 23.5 Å². The third kappa shape index (κ3) is 3.86. The van der Waals surface area contributed by atoms with Crippen molar-refractivity contribution in [3.05, 3.63) is 69.9 Å². The lowest BCUT2D eigenvalue weighted by atomic mass is 9.91. The van der Waals surface area contributed by atoms with Crippen molar-refractivity contribution in [2.24, 2.45) is 0 Å². The minimum atomic E-state index is 0.0551. The number of benzene rings is 2. The van der Waals surface area contributed by atoms with Crippen molar-refractivity contribution in [3.63, 3.8) is 0 Å². The minimum absolute atomic E-state index is 0.0551. The van der Waals surface area contributed by atoms with Crippen LogP contribution in [0.4, 0.5) is 11.4 Å². The number of hydrogen-bond donors (Lipinski definition) is 1. The van der Waals surface area contributed by atoms with Crippen molar-refractivity contribution < 1.29 is 0 Å². The zero-order chi connectivity index (χ0) is 17.1. The van der Waals surface area contributed by atoms with Gasteiger partial charge in [-0.2, -0.15) is 4.37 Å². The Labute approximate surface area is 151 Å². The maximum atomic E-state index is 6.00. The number of aromatic nitrogens is 2. The van der Waals surface area contributed by atoms with Gasteiger partial charge in [-0.25, -0.2) is 4.98 Å². The Kier molecular flexibility index (Phi) is 5.02. The van der Waals surface area contributed by atoms with Gasteiger partial charge in [-0.1, -0.05) is 24.3 Å². The third-order valence-corrected chi connectivity index (χ3v) is 4.77. The maximum absolute atomic E-state index is 6.00. The zero-order valence-corrected chi connectivity index (χ0v) is 15.2. The van der Waals surface area contributed by atoms with E-state index in [2.05, 4.69) is 38.5 Å². The van der Waals surface area contributed by atoms with E-state index in [1.807, 2.05) is 38.4 Å². The van der Waals surface area contributed by atoms with E-state index in [1.165, 1.54) is 22.8 Å². The largest absolute Gasteiger partial charge is 0.399 e. The van der Waals surface area contributed by atoms with Gasteiger partial charge in [0.25, 0.3) is 0 Å². The summed E-state index contributed by atoms with van der Waals surface area (Å²) in [5, 5.41) is 0. The van der Waals surface area contributed by atoms with Crippen LogP contribution in [0.1, 0.15) is 22.9 Å². The molecule has 4 nitrogen and oxygen atoms in total. The van der Waals surface area contributed by atoms with E-state index >= 15 is 0 Å². The standard InChI is InChI=1S/C18H19ClN4S/c1-23(2)15-9-3-12(4-10-15)11-16(17-21-18(19)24-22-17)13-5-7-14(20)8-6-13/h3-10,16H,11,20H2,1-2H3. The molecule has 0 aliphatic rings. The van der Waals surface area contributed by atoms with Gasteiger partial charge in [0.2, 0.25) is 4.47 Å². The van der Waals surface area contributed by atoms with Crippen LogP contribution in [0.15, 0.2) is 48.5 Å². The van der Waals surface area contributed by atoms with Gasteiger partial charge in [-0.3, -0.25) is 0 Å². The summed E-state index contributed by atoms with van der Waals surface area (Å²) in [6, 6.07) is 16.4. The highest BCUT2D eigenvalue weighted by Gasteiger charge is 2.20. The summed E-state index contributed by atoms with van der Waals surface area (Å²) in [5.41, 5.74) is 10.1. The SMILES string of the molecule is CN(C)c1ccc(CC(c2ccc(N)cc2)c2nsc(Cl)n2)cc1. The van der Waals surface area contributed by atoms with Crippen molar-refractivity contribution in [1.82, 2.24) is 9.36 Å². The summed E-state index contributed by atoms with van der Waals surface area (Å²) in [5.74, 6) is 0.811. The number of halogens is 1. The van der Waals surface area contributed by atoms with E-state index in [4.69, 9.17) is 17.3 Å². The van der Waals surface area contributed by atoms with Gasteiger partial charge in [-0.15, -0.1) is 0 Å². The van der Waals surface area contributed by atoms with Crippen molar-refractivity contribution in [2.45, 2.75) is 12.3 Å². The van der Waals surface area contributed by atoms with Gasteiger partial charge in [0.1, 0.15) is 0 Å². The normalized spacial score (nSPS) is 12.1. The molecule has 1 aromatic heterocycles. The Morgan fingerprint density at radius 1 is 1.08 bits per heavy atom. The van der Waals surface area contributed by atoms with E-state index in [9.17, 15) is 0 Å². The summed E-state index contributed by atoms with van der Waals surface area (Å²) in [7, 11) is 4.07. The summed E-state index contributed by atoms with van der Waals surface area (Å²) < 4.78 is 4.88. The topological polar surface area (TPSA) is 55.0 Å². The van der Waals surface area contributed by atoms with E-state index < -0.39 is 0 Å². The Bertz CT molecular complexity index is 797. The van der Waals surface area contributed by atoms with E-state index in [-0.39, 0.29) is 5.92 Å². The first-order valence-corrected chi connectivity index (χ1v) is 8.79. The number of nitrogens with zero attached hydrogens (tertiary/aromatic N) is 3. The molecule has 6 heteroatoms. The Balaban J connectivity index is 1.91. The van der Waals surface area contributed by atoms with Crippen molar-refractivity contribution >= 4 is 34.5 Å². The average Bonchev–Trinajstić information content (AvgIpc) is 3.00. The fraction of sp³-hybridized carbons (Fsp3) is 0.222. The maximum Gasteiger partial charge on any atom is 0.203 e. The van der Waals surface area contributed by atoms with Crippen LogP contribution in [0.25, 0.3) is 0 Å². The molecule has 2 N–H and O–H groups in total. The molecule has 1 heterocycles. The Morgan fingerprint density at radius 2 is 1.75 bits per heavy atom. The van der Waals surface area contributed by atoms with Crippen molar-refractivity contribution in [1.29, 1.82) is 0 Å². The molecular weight excluding hydrogens is 340 g/mol. The van der Waals surface area contributed by atoms with E-state index in [0.29, 0.717) is 4.47 Å². The molecule has 0 saturated carbocycles. The third-order valence-electron chi connectivity index (χ3n) is 3.96. The summed E-state index contributed by atoms with van der Waals surface area (Å²) in [6.07, 6.45) is 0.810. The number of nitrogens with two attached hydrogens (primary N) is 1. The second kappa shape index (κ2) is 7.20. The van der Waals surface area contributed by atoms with Crippen LogP contribution < -0.4 is 10.6 Å². The lowest BCUT2D eigenvalue weighted by Crippen LogP contribution is -2.09. The molecule has 0 amide bonds. The molecule has 1 unspecified atom stereocenters. The average molecular weight is 359 g/mol. The lowest BCUT2D eigenvalue weighted by molar-refractivity contribution is 0.755. The number of nitrogen functional groups attached to an aromatic ring is 1. The molecule has 0 fully saturated rings. The van der Waals surface area contributed by atoms with Crippen LogP contribution in [0.2, 0.25) is 4.47 Å². The van der Waals surface area contributed by atoms with E-state index in [0.717, 1.165) is 23.5 Å². The molecule has 0 aliphatic heterocycles. The molecule has 0 spiro atoms. The molecule has 0 bridgehead atoms. The van der Waals surface area contributed by atoms with Crippen LogP contribution in [0.3, 0.4) is 0 Å². The quantitative estimate of drug-likeness (QED) is 0.694. The first-order valence-electron chi connectivity index (χ1n) is 7.64. The fourth-order valence-corrected chi connectivity index (χ4v) is 3.27. The molecule has 3 aromatic rings. The predicted molar refractivity (Wildman–Crippen MR) is 102 cm³/mol. The second-order valence-electron chi connectivity index (χ2n) is 5.89. The molecule has 0 aliphatic carbocycles. The molecule has 1 atom stereocenters. The molecular formula is C18H19ClN4S. The smallest absolute Gasteiger partial charge is 0.203 e. The van der Waals surface area contributed by atoms with Gasteiger partial charge in [-0.05, 0) is 64.9 Å². The zero-order valence-electron chi connectivity index (χ0n) is 13.6. The minimum Gasteiger partial charge on any atom is -0.399 e. The van der Waals surface area contributed by atoms with Gasteiger partial charge >= 0.3 is 0 Å². The van der Waals surface area contributed by atoms with Crippen molar-refractivity contribution in [3.8, 4) is 0 Å². The van der Waals surface area contributed by atoms with Crippen LogP contribution in [-0.2, 0) is 6.42 Å². The van der Waals surface area contributed by atoms with Gasteiger partial charge in [0, 0.05) is 31.4 Å². The number of hydrogen-bond acceptors (Lipinski definition) is 5. The molecule has 0 saturated heterocycles. The lowest BCUT2D eigenvalue weighted by Gasteiger charge is -2.16. The first kappa shape index (κ1) is 16.7. The van der Waals surface area contributed by atoms with Crippen LogP contribution >= 0.6 is 23.1 Å². The molecule has 3 rings (SSSR count). The van der Waals surface area contributed by atoms with Crippen LogP contribution in [0, 0.1) is 0 Å². The van der Waals surface area contributed by atoms with Crippen LogP contribution in [0.5, 0.6) is 0 Å². The molecule has 2 aromatic carbocycles. The second-order valence-corrected chi connectivity index (χ2v) is 7.22. The Hall–Kier alpha value is -2.11. The number of anilines is 2. The highest BCUT2D eigenvalue weighted by atomic mass is 35.5. The van der Waals surface area contributed by atoms with Gasteiger partial charge < -0.3 is 10.6 Å². The van der Waals surface area contributed by atoms with Gasteiger partial charge in [0.05, 0.1) is 0 Å². The molecule has 0 radical (unpaired) electrons. The highest BCUT2D eigenvalue weighted by Crippen LogP contribution is 2.29. The fourth-order valence-electron chi connectivity index (χ4n) is 2.61. The monoisotopic (exact) mass is 358 g/mol. The predicted octanol–water partition coefficient (Wildman–Crippen LogP) is 4.21. The first-order chi connectivity index (χ1) is 11.5. The summed E-state index contributed by atoms with van der Waals surface area (Å²) in [4.78, 5) is 6.47. The summed E-state index contributed by atoms with van der Waals surface area (Å²) >= 11 is 7.22. The molecule has 24 heavy (non-hydrogen) atoms. The van der Waals surface area contributed by atoms with Crippen molar-refractivity contribution in [2.75, 3.05) is 24.7 Å². The van der Waals surface area contributed by atoms with Gasteiger partial charge in [0.15, 0.2) is 5.82 Å². The Morgan fingerprint density at radius 3 is 2.29 bits per heavy atom. The highest BCUT2D eigenvalue weighted by molar-refractivity contribution is 7.10. The van der Waals surface area contributed by atoms with E-state index in [1.54, 1.807) is 0 Å². The number of rotatable bonds is 5.